The number of hydrogen-bond acceptors (Lipinski definition) is 3. The van der Waals surface area contributed by atoms with E-state index < -0.39 is 0 Å². The van der Waals surface area contributed by atoms with Crippen LogP contribution in [0.15, 0.2) is 30.5 Å². The van der Waals surface area contributed by atoms with Crippen molar-refractivity contribution in [2.45, 2.75) is 20.8 Å². The molecule has 0 N–H and O–H groups in total. The Morgan fingerprint density at radius 1 is 1.11 bits per heavy atom. The lowest BCUT2D eigenvalue weighted by atomic mass is 10.1. The van der Waals surface area contributed by atoms with Gasteiger partial charge in [0.15, 0.2) is 0 Å². The predicted octanol–water partition coefficient (Wildman–Crippen LogP) is 3.67. The molecule has 3 nitrogen and oxygen atoms in total. The zero-order valence-electron chi connectivity index (χ0n) is 10.7. The molecular formula is C15H14N2O. The number of nitriles is 1. The largest absolute Gasteiger partial charge is 0.438 e. The van der Waals surface area contributed by atoms with Gasteiger partial charge in [0.1, 0.15) is 5.75 Å². The maximum Gasteiger partial charge on any atom is 0.220 e. The standard InChI is InChI=1S/C15H14N2O/c1-10-4-5-11(2)15(12(10)3)18-14-8-13(9-16)6-7-17-14/h4-8H,1-3H3. The van der Waals surface area contributed by atoms with Crippen molar-refractivity contribution in [3.63, 3.8) is 0 Å². The highest BCUT2D eigenvalue weighted by Gasteiger charge is 2.08. The van der Waals surface area contributed by atoms with E-state index in [0.29, 0.717) is 11.4 Å². The Kier molecular flexibility index (Phi) is 3.29. The van der Waals surface area contributed by atoms with E-state index in [1.54, 1.807) is 18.3 Å². The van der Waals surface area contributed by atoms with Crippen molar-refractivity contribution >= 4 is 0 Å². The number of nitrogens with zero attached hydrogens (tertiary/aromatic N) is 2. The third-order valence-corrected chi connectivity index (χ3v) is 2.94. The predicted molar refractivity (Wildman–Crippen MR) is 69.7 cm³/mol. The quantitative estimate of drug-likeness (QED) is 0.801. The van der Waals surface area contributed by atoms with Crippen molar-refractivity contribution in [3.8, 4) is 17.7 Å². The van der Waals surface area contributed by atoms with Gasteiger partial charge in [-0.2, -0.15) is 5.26 Å². The van der Waals surface area contributed by atoms with E-state index in [9.17, 15) is 0 Å². The Morgan fingerprint density at radius 3 is 2.56 bits per heavy atom. The van der Waals surface area contributed by atoms with E-state index >= 15 is 0 Å². The SMILES string of the molecule is Cc1ccc(C)c(Oc2cc(C#N)ccn2)c1C. The van der Waals surface area contributed by atoms with Crippen LogP contribution < -0.4 is 4.74 Å². The van der Waals surface area contributed by atoms with Gasteiger partial charge in [0.2, 0.25) is 5.88 Å². The summed E-state index contributed by atoms with van der Waals surface area (Å²) in [6, 6.07) is 9.46. The summed E-state index contributed by atoms with van der Waals surface area (Å²) in [7, 11) is 0. The molecule has 0 saturated carbocycles. The summed E-state index contributed by atoms with van der Waals surface area (Å²) in [5, 5.41) is 8.85. The second kappa shape index (κ2) is 4.89. The summed E-state index contributed by atoms with van der Waals surface area (Å²) in [6.45, 7) is 6.06. The molecule has 0 bridgehead atoms. The number of ether oxygens (including phenoxy) is 1. The molecule has 2 rings (SSSR count). The van der Waals surface area contributed by atoms with Gasteiger partial charge in [-0.05, 0) is 43.5 Å². The van der Waals surface area contributed by atoms with E-state index in [0.717, 1.165) is 16.9 Å². The minimum Gasteiger partial charge on any atom is -0.438 e. The molecule has 0 saturated heterocycles. The summed E-state index contributed by atoms with van der Waals surface area (Å²) < 4.78 is 5.80. The van der Waals surface area contributed by atoms with E-state index in [-0.39, 0.29) is 0 Å². The monoisotopic (exact) mass is 238 g/mol. The van der Waals surface area contributed by atoms with Crippen molar-refractivity contribution in [3.05, 3.63) is 52.7 Å². The number of hydrogen-bond donors (Lipinski definition) is 0. The third-order valence-electron chi connectivity index (χ3n) is 2.94. The average Bonchev–Trinajstić information content (AvgIpc) is 2.39. The first-order valence-electron chi connectivity index (χ1n) is 5.72. The maximum absolute atomic E-state index is 8.85. The molecule has 1 heterocycles. The molecular weight excluding hydrogens is 224 g/mol. The molecule has 3 heteroatoms. The van der Waals surface area contributed by atoms with E-state index in [1.807, 2.05) is 26.8 Å². The van der Waals surface area contributed by atoms with Gasteiger partial charge in [0, 0.05) is 12.3 Å². The molecule has 0 radical (unpaired) electrons. The Morgan fingerprint density at radius 2 is 1.83 bits per heavy atom. The molecule has 0 aliphatic heterocycles. The van der Waals surface area contributed by atoms with E-state index in [4.69, 9.17) is 10.00 Å². The van der Waals surface area contributed by atoms with E-state index in [1.165, 1.54) is 5.56 Å². The number of benzene rings is 1. The van der Waals surface area contributed by atoms with Gasteiger partial charge in [-0.25, -0.2) is 4.98 Å². The molecule has 0 aliphatic rings. The smallest absolute Gasteiger partial charge is 0.220 e. The number of rotatable bonds is 2. The summed E-state index contributed by atoms with van der Waals surface area (Å²) in [6.07, 6.45) is 1.58. The van der Waals surface area contributed by atoms with Gasteiger partial charge in [0.05, 0.1) is 11.6 Å². The van der Waals surface area contributed by atoms with Crippen LogP contribution in [-0.4, -0.2) is 4.98 Å². The molecule has 0 amide bonds. The molecule has 18 heavy (non-hydrogen) atoms. The molecule has 0 aliphatic carbocycles. The molecule has 2 aromatic rings. The highest BCUT2D eigenvalue weighted by molar-refractivity contribution is 5.46. The second-order valence-electron chi connectivity index (χ2n) is 4.25. The van der Waals surface area contributed by atoms with E-state index in [2.05, 4.69) is 17.1 Å². The molecule has 1 aromatic carbocycles. The Hall–Kier alpha value is -2.34. The minimum absolute atomic E-state index is 0.450. The van der Waals surface area contributed by atoms with Crippen molar-refractivity contribution < 1.29 is 4.74 Å². The van der Waals surface area contributed by atoms with Crippen LogP contribution in [0.5, 0.6) is 11.6 Å². The van der Waals surface area contributed by atoms with Gasteiger partial charge in [0.25, 0.3) is 0 Å². The van der Waals surface area contributed by atoms with Gasteiger partial charge in [-0.3, -0.25) is 0 Å². The summed E-state index contributed by atoms with van der Waals surface area (Å²) in [4.78, 5) is 4.12. The maximum atomic E-state index is 8.85. The Labute approximate surface area is 107 Å². The van der Waals surface area contributed by atoms with Gasteiger partial charge in [-0.15, -0.1) is 0 Å². The first-order chi connectivity index (χ1) is 8.61. The van der Waals surface area contributed by atoms with Crippen LogP contribution in [-0.2, 0) is 0 Å². The van der Waals surface area contributed by atoms with Crippen molar-refractivity contribution in [1.82, 2.24) is 4.98 Å². The molecule has 0 fully saturated rings. The van der Waals surface area contributed by atoms with Crippen molar-refractivity contribution in [2.24, 2.45) is 0 Å². The van der Waals surface area contributed by atoms with Crippen LogP contribution in [0, 0.1) is 32.1 Å². The number of pyridine rings is 1. The summed E-state index contributed by atoms with van der Waals surface area (Å²) in [5.41, 5.74) is 3.87. The van der Waals surface area contributed by atoms with Crippen LogP contribution >= 0.6 is 0 Å². The average molecular weight is 238 g/mol. The van der Waals surface area contributed by atoms with Crippen LogP contribution in [0.2, 0.25) is 0 Å². The van der Waals surface area contributed by atoms with Gasteiger partial charge >= 0.3 is 0 Å². The highest BCUT2D eigenvalue weighted by Crippen LogP contribution is 2.29. The van der Waals surface area contributed by atoms with Crippen LogP contribution in [0.3, 0.4) is 0 Å². The first kappa shape index (κ1) is 12.1. The summed E-state index contributed by atoms with van der Waals surface area (Å²) in [5.74, 6) is 1.27. The Balaban J connectivity index is 2.40. The third kappa shape index (κ3) is 2.33. The lowest BCUT2D eigenvalue weighted by molar-refractivity contribution is 0.455. The molecule has 1 aromatic heterocycles. The zero-order chi connectivity index (χ0) is 13.1. The van der Waals surface area contributed by atoms with Gasteiger partial charge in [-0.1, -0.05) is 12.1 Å². The van der Waals surface area contributed by atoms with Gasteiger partial charge < -0.3 is 4.74 Å². The zero-order valence-corrected chi connectivity index (χ0v) is 10.7. The van der Waals surface area contributed by atoms with Crippen molar-refractivity contribution in [1.29, 1.82) is 5.26 Å². The van der Waals surface area contributed by atoms with Crippen LogP contribution in [0.4, 0.5) is 0 Å². The second-order valence-corrected chi connectivity index (χ2v) is 4.25. The lowest BCUT2D eigenvalue weighted by Gasteiger charge is -2.12. The fourth-order valence-corrected chi connectivity index (χ4v) is 1.72. The van der Waals surface area contributed by atoms with Crippen LogP contribution in [0.1, 0.15) is 22.3 Å². The molecule has 0 spiro atoms. The minimum atomic E-state index is 0.450. The summed E-state index contributed by atoms with van der Waals surface area (Å²) >= 11 is 0. The Bertz CT molecular complexity index is 627. The van der Waals surface area contributed by atoms with Crippen molar-refractivity contribution in [2.75, 3.05) is 0 Å². The number of aromatic nitrogens is 1. The number of aryl methyl sites for hydroxylation is 2. The fraction of sp³-hybridized carbons (Fsp3) is 0.200. The molecule has 0 atom stereocenters. The van der Waals surface area contributed by atoms with Crippen LogP contribution in [0.25, 0.3) is 0 Å². The molecule has 0 unspecified atom stereocenters. The highest BCUT2D eigenvalue weighted by atomic mass is 16.5. The molecule has 90 valence electrons. The first-order valence-corrected chi connectivity index (χ1v) is 5.72. The lowest BCUT2D eigenvalue weighted by Crippen LogP contribution is -1.95. The topological polar surface area (TPSA) is 45.9 Å². The normalized spacial score (nSPS) is 9.89. The fourth-order valence-electron chi connectivity index (χ4n) is 1.72.